The molecule has 0 saturated heterocycles. The highest BCUT2D eigenvalue weighted by Crippen LogP contribution is 2.14. The van der Waals surface area contributed by atoms with Crippen LogP contribution in [0.2, 0.25) is 0 Å². The molecular weight excluding hydrogens is 430 g/mol. The fraction of sp³-hybridized carbons (Fsp3) is 0.296. The summed E-state index contributed by atoms with van der Waals surface area (Å²) in [6.07, 6.45) is 3.21. The molecule has 3 rings (SSSR count). The van der Waals surface area contributed by atoms with Gasteiger partial charge in [0.2, 0.25) is 0 Å². The number of nitrogens with zero attached hydrogens (tertiary/aromatic N) is 1. The lowest BCUT2D eigenvalue weighted by Crippen LogP contribution is -2.48. The monoisotopic (exact) mass is 461 g/mol. The molecule has 0 bridgehead atoms. The van der Waals surface area contributed by atoms with Crippen molar-refractivity contribution in [1.82, 2.24) is 15.6 Å². The number of hydrogen-bond acceptors (Lipinski definition) is 5. The third kappa shape index (κ3) is 7.23. The topological polar surface area (TPSA) is 112 Å². The van der Waals surface area contributed by atoms with Gasteiger partial charge in [-0.2, -0.15) is 0 Å². The minimum absolute atomic E-state index is 0.0340. The van der Waals surface area contributed by atoms with Crippen molar-refractivity contribution in [3.63, 3.8) is 0 Å². The first-order valence-electron chi connectivity index (χ1n) is 11.3. The fourth-order valence-corrected chi connectivity index (χ4v) is 3.62. The summed E-state index contributed by atoms with van der Waals surface area (Å²) < 4.78 is 0. The minimum Gasteiger partial charge on any atom is -0.478 e. The summed E-state index contributed by atoms with van der Waals surface area (Å²) in [6.45, 7) is 5.03. The first-order chi connectivity index (χ1) is 16.3. The molecule has 3 aromatic rings. The molecule has 1 aromatic heterocycles. The van der Waals surface area contributed by atoms with E-state index in [2.05, 4.69) is 35.5 Å². The molecule has 34 heavy (non-hydrogen) atoms. The molecule has 0 aliphatic heterocycles. The van der Waals surface area contributed by atoms with Crippen LogP contribution < -0.4 is 10.6 Å². The van der Waals surface area contributed by atoms with Crippen LogP contribution >= 0.6 is 0 Å². The SMILES string of the molecule is CC(C)c1cncc(CNC[C@@H](O)C(Cc2ccccc2)NC(=O)c2cccc(C(=O)O)c2)c1. The molecule has 2 aromatic carbocycles. The van der Waals surface area contributed by atoms with Crippen LogP contribution in [0.1, 0.15) is 57.2 Å². The van der Waals surface area contributed by atoms with Crippen molar-refractivity contribution < 1.29 is 19.8 Å². The Hall–Kier alpha value is -3.55. The van der Waals surface area contributed by atoms with Crippen LogP contribution in [0.4, 0.5) is 0 Å². The van der Waals surface area contributed by atoms with Gasteiger partial charge in [0.05, 0.1) is 17.7 Å². The maximum atomic E-state index is 12.9. The van der Waals surface area contributed by atoms with E-state index in [0.29, 0.717) is 18.9 Å². The number of benzene rings is 2. The zero-order chi connectivity index (χ0) is 24.5. The molecule has 178 valence electrons. The van der Waals surface area contributed by atoms with Gasteiger partial charge in [-0.15, -0.1) is 0 Å². The van der Waals surface area contributed by atoms with Crippen LogP contribution in [-0.4, -0.2) is 45.8 Å². The third-order valence-corrected chi connectivity index (χ3v) is 5.62. The van der Waals surface area contributed by atoms with Crippen molar-refractivity contribution in [2.45, 2.75) is 44.9 Å². The van der Waals surface area contributed by atoms with E-state index in [0.717, 1.165) is 16.7 Å². The van der Waals surface area contributed by atoms with E-state index in [1.54, 1.807) is 12.3 Å². The van der Waals surface area contributed by atoms with Crippen molar-refractivity contribution >= 4 is 11.9 Å². The smallest absolute Gasteiger partial charge is 0.335 e. The number of carbonyl (C=O) groups is 2. The Morgan fingerprint density at radius 2 is 1.68 bits per heavy atom. The molecular formula is C27H31N3O4. The molecule has 7 heteroatoms. The summed E-state index contributed by atoms with van der Waals surface area (Å²) in [6, 6.07) is 17.0. The Morgan fingerprint density at radius 1 is 0.941 bits per heavy atom. The van der Waals surface area contributed by atoms with Crippen molar-refractivity contribution in [2.75, 3.05) is 6.54 Å². The number of amides is 1. The van der Waals surface area contributed by atoms with Crippen LogP contribution in [0.3, 0.4) is 0 Å². The minimum atomic E-state index is -1.10. The molecule has 0 spiro atoms. The highest BCUT2D eigenvalue weighted by Gasteiger charge is 2.23. The maximum absolute atomic E-state index is 12.9. The lowest BCUT2D eigenvalue weighted by atomic mass is 10.00. The second kappa shape index (κ2) is 12.1. The van der Waals surface area contributed by atoms with Gasteiger partial charge in [-0.05, 0) is 47.2 Å². The highest BCUT2D eigenvalue weighted by molar-refractivity contribution is 5.97. The molecule has 2 atom stereocenters. The molecule has 0 aliphatic carbocycles. The van der Waals surface area contributed by atoms with E-state index in [-0.39, 0.29) is 17.7 Å². The van der Waals surface area contributed by atoms with Crippen molar-refractivity contribution in [2.24, 2.45) is 0 Å². The Kier molecular flexibility index (Phi) is 8.90. The molecule has 4 N–H and O–H groups in total. The van der Waals surface area contributed by atoms with Crippen LogP contribution in [0, 0.1) is 0 Å². The van der Waals surface area contributed by atoms with Gasteiger partial charge in [0, 0.05) is 31.0 Å². The number of nitrogens with one attached hydrogen (secondary N) is 2. The third-order valence-electron chi connectivity index (χ3n) is 5.62. The Balaban J connectivity index is 1.68. The molecule has 0 aliphatic rings. The summed E-state index contributed by atoms with van der Waals surface area (Å²) in [5.41, 5.74) is 3.41. The number of carboxylic acid groups (broad SMARTS) is 1. The number of hydrogen-bond donors (Lipinski definition) is 4. The number of aromatic carboxylic acids is 1. The molecule has 1 unspecified atom stereocenters. The molecule has 0 fully saturated rings. The van der Waals surface area contributed by atoms with Gasteiger partial charge in [-0.25, -0.2) is 4.79 Å². The van der Waals surface area contributed by atoms with Gasteiger partial charge in [-0.3, -0.25) is 9.78 Å². The average molecular weight is 462 g/mol. The first kappa shape index (κ1) is 25.1. The number of rotatable bonds is 11. The van der Waals surface area contributed by atoms with E-state index < -0.39 is 24.0 Å². The predicted octanol–water partition coefficient (Wildman–Crippen LogP) is 3.40. The van der Waals surface area contributed by atoms with Gasteiger partial charge in [0.15, 0.2) is 0 Å². The van der Waals surface area contributed by atoms with E-state index in [1.165, 1.54) is 18.2 Å². The number of aliphatic hydroxyl groups is 1. The lowest BCUT2D eigenvalue weighted by Gasteiger charge is -2.25. The zero-order valence-electron chi connectivity index (χ0n) is 19.4. The second-order valence-electron chi connectivity index (χ2n) is 8.64. The maximum Gasteiger partial charge on any atom is 0.335 e. The summed E-state index contributed by atoms with van der Waals surface area (Å²) in [4.78, 5) is 28.4. The average Bonchev–Trinajstić information content (AvgIpc) is 2.84. The van der Waals surface area contributed by atoms with E-state index in [1.807, 2.05) is 36.5 Å². The fourth-order valence-electron chi connectivity index (χ4n) is 3.62. The van der Waals surface area contributed by atoms with Gasteiger partial charge in [0.25, 0.3) is 5.91 Å². The summed E-state index contributed by atoms with van der Waals surface area (Å²) in [5.74, 6) is -1.16. The number of carbonyl (C=O) groups excluding carboxylic acids is 1. The molecule has 7 nitrogen and oxygen atoms in total. The standard InChI is InChI=1S/C27H31N3O4/c1-18(2)23-11-20(14-28-16-23)15-29-17-25(31)24(12-19-7-4-3-5-8-19)30-26(32)21-9-6-10-22(13-21)27(33)34/h3-11,13-14,16,18,24-25,29,31H,12,15,17H2,1-2H3,(H,30,32)(H,33,34)/t24?,25-/m1/s1. The second-order valence-corrected chi connectivity index (χ2v) is 8.64. The van der Waals surface area contributed by atoms with Gasteiger partial charge < -0.3 is 20.8 Å². The van der Waals surface area contributed by atoms with Crippen LogP contribution in [0.5, 0.6) is 0 Å². The Labute approximate surface area is 199 Å². The molecule has 1 heterocycles. The summed E-state index contributed by atoms with van der Waals surface area (Å²) >= 11 is 0. The quantitative estimate of drug-likeness (QED) is 0.348. The van der Waals surface area contributed by atoms with Crippen molar-refractivity contribution in [3.05, 3.63) is 101 Å². The van der Waals surface area contributed by atoms with E-state index in [9.17, 15) is 19.8 Å². The van der Waals surface area contributed by atoms with Gasteiger partial charge in [0.1, 0.15) is 0 Å². The van der Waals surface area contributed by atoms with E-state index in [4.69, 9.17) is 0 Å². The predicted molar refractivity (Wildman–Crippen MR) is 131 cm³/mol. The van der Waals surface area contributed by atoms with Crippen molar-refractivity contribution in [1.29, 1.82) is 0 Å². The summed E-state index contributed by atoms with van der Waals surface area (Å²) in [7, 11) is 0. The highest BCUT2D eigenvalue weighted by atomic mass is 16.4. The largest absolute Gasteiger partial charge is 0.478 e. The zero-order valence-corrected chi connectivity index (χ0v) is 19.4. The lowest BCUT2D eigenvalue weighted by molar-refractivity contribution is 0.0697. The van der Waals surface area contributed by atoms with Crippen LogP contribution in [-0.2, 0) is 13.0 Å². The normalized spacial score (nSPS) is 12.8. The van der Waals surface area contributed by atoms with Crippen LogP contribution in [0.15, 0.2) is 73.1 Å². The number of aromatic nitrogens is 1. The molecule has 0 radical (unpaired) electrons. The number of pyridine rings is 1. The molecule has 1 amide bonds. The number of aliphatic hydroxyl groups excluding tert-OH is 1. The summed E-state index contributed by atoms with van der Waals surface area (Å²) in [5, 5.41) is 26.3. The first-order valence-corrected chi connectivity index (χ1v) is 11.3. The number of carboxylic acids is 1. The Morgan fingerprint density at radius 3 is 2.38 bits per heavy atom. The van der Waals surface area contributed by atoms with Gasteiger partial charge >= 0.3 is 5.97 Å². The van der Waals surface area contributed by atoms with Crippen LogP contribution in [0.25, 0.3) is 0 Å². The Bertz CT molecular complexity index is 1100. The van der Waals surface area contributed by atoms with E-state index >= 15 is 0 Å². The van der Waals surface area contributed by atoms with Crippen molar-refractivity contribution in [3.8, 4) is 0 Å². The molecule has 0 saturated carbocycles. The van der Waals surface area contributed by atoms with Gasteiger partial charge in [-0.1, -0.05) is 56.3 Å².